The Bertz CT molecular complexity index is 764. The van der Waals surface area contributed by atoms with Gasteiger partial charge in [-0.2, -0.15) is 0 Å². The van der Waals surface area contributed by atoms with E-state index in [2.05, 4.69) is 47.9 Å². The SMILES string of the molecule is CC12CC3CC(C(=O)NC4CC5(CNC5)C4)(C1)CC3(c1ccccc1)C2. The highest BCUT2D eigenvalue weighted by molar-refractivity contribution is 5.84. The molecule has 0 aromatic heterocycles. The fraction of sp³-hybridized carbons (Fsp3) is 0.696. The van der Waals surface area contributed by atoms with Gasteiger partial charge in [0, 0.05) is 19.1 Å². The molecule has 6 aliphatic rings. The molecule has 4 atom stereocenters. The fourth-order valence-corrected chi connectivity index (χ4v) is 8.13. The van der Waals surface area contributed by atoms with E-state index in [4.69, 9.17) is 0 Å². The van der Waals surface area contributed by atoms with E-state index in [-0.39, 0.29) is 10.8 Å². The molecule has 26 heavy (non-hydrogen) atoms. The van der Waals surface area contributed by atoms with E-state index in [9.17, 15) is 4.79 Å². The standard InChI is InChI=1S/C23H30N2O/c1-20-7-17-8-22(11-20,13-23(17,12-20)16-5-3-2-4-6-16)19(26)25-18-9-21(10-18)14-24-15-21/h2-6,17-18,24H,7-15H2,1H3,(H,25,26). The van der Waals surface area contributed by atoms with Crippen LogP contribution in [-0.4, -0.2) is 25.0 Å². The van der Waals surface area contributed by atoms with Crippen LogP contribution >= 0.6 is 0 Å². The van der Waals surface area contributed by atoms with Crippen molar-refractivity contribution >= 4 is 5.91 Å². The van der Waals surface area contributed by atoms with Crippen LogP contribution < -0.4 is 10.6 Å². The Kier molecular flexibility index (Phi) is 2.85. The van der Waals surface area contributed by atoms with Crippen molar-refractivity contribution in [3.8, 4) is 0 Å². The zero-order valence-corrected chi connectivity index (χ0v) is 15.8. The maximum Gasteiger partial charge on any atom is 0.226 e. The Labute approximate surface area is 156 Å². The average molecular weight is 351 g/mol. The first-order valence-electron chi connectivity index (χ1n) is 10.5. The van der Waals surface area contributed by atoms with Crippen molar-refractivity contribution < 1.29 is 4.79 Å². The second-order valence-corrected chi connectivity index (χ2v) is 10.9. The Morgan fingerprint density at radius 3 is 2.50 bits per heavy atom. The molecule has 1 amide bonds. The van der Waals surface area contributed by atoms with Crippen LogP contribution in [-0.2, 0) is 10.2 Å². The van der Waals surface area contributed by atoms with Gasteiger partial charge in [0.25, 0.3) is 0 Å². The van der Waals surface area contributed by atoms with Crippen molar-refractivity contribution in [1.82, 2.24) is 10.6 Å². The van der Waals surface area contributed by atoms with Crippen LogP contribution in [0.1, 0.15) is 57.4 Å². The van der Waals surface area contributed by atoms with E-state index >= 15 is 0 Å². The highest BCUT2D eigenvalue weighted by atomic mass is 16.2. The van der Waals surface area contributed by atoms with Gasteiger partial charge in [-0.05, 0) is 72.7 Å². The number of amides is 1. The molecule has 1 aromatic carbocycles. The summed E-state index contributed by atoms with van der Waals surface area (Å²) >= 11 is 0. The van der Waals surface area contributed by atoms with Crippen LogP contribution in [0.2, 0.25) is 0 Å². The Morgan fingerprint density at radius 1 is 1.04 bits per heavy atom. The third-order valence-corrected chi connectivity index (χ3v) is 8.84. The van der Waals surface area contributed by atoms with E-state index in [1.807, 2.05) is 0 Å². The molecule has 5 saturated carbocycles. The zero-order valence-electron chi connectivity index (χ0n) is 15.8. The molecule has 138 valence electrons. The van der Waals surface area contributed by atoms with Gasteiger partial charge < -0.3 is 10.6 Å². The monoisotopic (exact) mass is 350 g/mol. The van der Waals surface area contributed by atoms with Crippen LogP contribution in [0, 0.1) is 22.2 Å². The summed E-state index contributed by atoms with van der Waals surface area (Å²) in [6, 6.07) is 11.5. The van der Waals surface area contributed by atoms with E-state index in [0.29, 0.717) is 28.7 Å². The fourth-order valence-electron chi connectivity index (χ4n) is 8.13. The van der Waals surface area contributed by atoms with Crippen molar-refractivity contribution in [3.63, 3.8) is 0 Å². The number of nitrogens with one attached hydrogen (secondary N) is 2. The lowest BCUT2D eigenvalue weighted by atomic mass is 9.58. The summed E-state index contributed by atoms with van der Waals surface area (Å²) in [5, 5.41) is 6.88. The molecule has 6 fully saturated rings. The summed E-state index contributed by atoms with van der Waals surface area (Å²) in [6.07, 6.45) is 8.27. The highest BCUT2D eigenvalue weighted by Crippen LogP contribution is 2.75. The smallest absolute Gasteiger partial charge is 0.226 e. The van der Waals surface area contributed by atoms with E-state index in [1.165, 1.54) is 31.2 Å². The van der Waals surface area contributed by atoms with Crippen molar-refractivity contribution in [2.45, 2.75) is 63.3 Å². The number of hydrogen-bond donors (Lipinski definition) is 2. The lowest BCUT2D eigenvalue weighted by Gasteiger charge is -2.55. The van der Waals surface area contributed by atoms with Gasteiger partial charge >= 0.3 is 0 Å². The van der Waals surface area contributed by atoms with Gasteiger partial charge in [0.15, 0.2) is 0 Å². The number of carbonyl (C=O) groups excluding carboxylic acids is 1. The molecule has 1 heterocycles. The normalized spacial score (nSPS) is 44.7. The second kappa shape index (κ2) is 4.73. The molecule has 4 unspecified atom stereocenters. The largest absolute Gasteiger partial charge is 0.353 e. The van der Waals surface area contributed by atoms with Gasteiger partial charge in [0.1, 0.15) is 0 Å². The van der Waals surface area contributed by atoms with Crippen LogP contribution in [0.15, 0.2) is 30.3 Å². The second-order valence-electron chi connectivity index (χ2n) is 10.9. The molecule has 1 aromatic rings. The quantitative estimate of drug-likeness (QED) is 0.877. The first-order chi connectivity index (χ1) is 12.5. The lowest BCUT2D eigenvalue weighted by molar-refractivity contribution is -0.138. The first-order valence-corrected chi connectivity index (χ1v) is 10.5. The Balaban J connectivity index is 1.27. The van der Waals surface area contributed by atoms with Gasteiger partial charge in [-0.1, -0.05) is 37.3 Å². The summed E-state index contributed by atoms with van der Waals surface area (Å²) < 4.78 is 0. The van der Waals surface area contributed by atoms with Gasteiger partial charge in [-0.25, -0.2) is 0 Å². The Hall–Kier alpha value is -1.35. The number of rotatable bonds is 3. The van der Waals surface area contributed by atoms with Gasteiger partial charge in [0.05, 0.1) is 5.41 Å². The maximum atomic E-state index is 13.5. The van der Waals surface area contributed by atoms with Crippen molar-refractivity contribution in [1.29, 1.82) is 0 Å². The van der Waals surface area contributed by atoms with Crippen LogP contribution in [0.25, 0.3) is 0 Å². The summed E-state index contributed by atoms with van der Waals surface area (Å²) in [5.74, 6) is 1.08. The molecular weight excluding hydrogens is 320 g/mol. The van der Waals surface area contributed by atoms with Crippen LogP contribution in [0.3, 0.4) is 0 Å². The summed E-state index contributed by atoms with van der Waals surface area (Å²) in [6.45, 7) is 4.76. The molecule has 4 bridgehead atoms. The molecule has 1 saturated heterocycles. The molecule has 1 aliphatic heterocycles. The summed E-state index contributed by atoms with van der Waals surface area (Å²) in [5.41, 5.74) is 2.52. The van der Waals surface area contributed by atoms with Crippen LogP contribution in [0.4, 0.5) is 0 Å². The molecule has 0 radical (unpaired) electrons. The van der Waals surface area contributed by atoms with Crippen molar-refractivity contribution in [2.75, 3.05) is 13.1 Å². The highest BCUT2D eigenvalue weighted by Gasteiger charge is 2.70. The molecule has 7 rings (SSSR count). The van der Waals surface area contributed by atoms with E-state index < -0.39 is 0 Å². The van der Waals surface area contributed by atoms with Gasteiger partial charge in [-0.15, -0.1) is 0 Å². The van der Waals surface area contributed by atoms with E-state index in [1.54, 1.807) is 0 Å². The predicted molar refractivity (Wildman–Crippen MR) is 102 cm³/mol. The molecule has 5 aliphatic carbocycles. The maximum absolute atomic E-state index is 13.5. The van der Waals surface area contributed by atoms with E-state index in [0.717, 1.165) is 32.4 Å². The van der Waals surface area contributed by atoms with Crippen molar-refractivity contribution in [3.05, 3.63) is 35.9 Å². The summed E-state index contributed by atoms with van der Waals surface area (Å²) in [7, 11) is 0. The van der Waals surface area contributed by atoms with Crippen molar-refractivity contribution in [2.24, 2.45) is 22.2 Å². The average Bonchev–Trinajstić information content (AvgIpc) is 2.90. The molecule has 2 N–H and O–H groups in total. The molecule has 3 heteroatoms. The zero-order chi connectivity index (χ0) is 17.6. The molecular formula is C23H30N2O. The number of carbonyl (C=O) groups is 1. The third-order valence-electron chi connectivity index (χ3n) is 8.84. The van der Waals surface area contributed by atoms with Crippen LogP contribution in [0.5, 0.6) is 0 Å². The van der Waals surface area contributed by atoms with Gasteiger partial charge in [0.2, 0.25) is 5.91 Å². The van der Waals surface area contributed by atoms with Gasteiger partial charge in [-0.3, -0.25) is 4.79 Å². The summed E-state index contributed by atoms with van der Waals surface area (Å²) in [4.78, 5) is 13.5. The topological polar surface area (TPSA) is 41.1 Å². The minimum Gasteiger partial charge on any atom is -0.353 e. The number of hydrogen-bond acceptors (Lipinski definition) is 2. The minimum atomic E-state index is -0.105. The molecule has 3 nitrogen and oxygen atoms in total. The third kappa shape index (κ3) is 1.91. The first kappa shape index (κ1) is 15.7. The molecule has 1 spiro atoms. The number of benzene rings is 1. The minimum absolute atomic E-state index is 0.105. The predicted octanol–water partition coefficient (Wildman–Crippen LogP) is 3.39. The lowest BCUT2D eigenvalue weighted by Crippen LogP contribution is -2.66. The Morgan fingerprint density at radius 2 is 1.81 bits per heavy atom.